The summed E-state index contributed by atoms with van der Waals surface area (Å²) in [6, 6.07) is 0.855. The quantitative estimate of drug-likeness (QED) is 0.778. The van der Waals surface area contributed by atoms with Gasteiger partial charge in [-0.25, -0.2) is 10.0 Å². The van der Waals surface area contributed by atoms with E-state index < -0.39 is 0 Å². The molecule has 4 saturated heterocycles. The Morgan fingerprint density at radius 2 is 1.40 bits per heavy atom. The normalized spacial score (nSPS) is 33.0. The minimum absolute atomic E-state index is 0.855. The molecule has 4 rings (SSSR count). The Kier molecular flexibility index (Phi) is 3.99. The average Bonchev–Trinajstić information content (AvgIpc) is 2.38. The second-order valence-corrected chi connectivity index (χ2v) is 7.21. The lowest BCUT2D eigenvalue weighted by Crippen LogP contribution is -2.66. The highest BCUT2D eigenvalue weighted by molar-refractivity contribution is 4.90. The van der Waals surface area contributed by atoms with Crippen LogP contribution in [0.4, 0.5) is 0 Å². The van der Waals surface area contributed by atoms with Gasteiger partial charge in [0.1, 0.15) is 0 Å². The maximum absolute atomic E-state index is 5.35. The topological polar surface area (TPSA) is 19.0 Å². The number of likely N-dealkylation sites (tertiary alicyclic amines) is 1. The van der Waals surface area contributed by atoms with Crippen molar-refractivity contribution >= 4 is 0 Å². The third-order valence-corrected chi connectivity index (χ3v) is 6.00. The van der Waals surface area contributed by atoms with Crippen LogP contribution in [-0.4, -0.2) is 73.4 Å². The number of hydrogen-bond acceptors (Lipinski definition) is 4. The molecule has 0 bridgehead atoms. The van der Waals surface area contributed by atoms with E-state index in [1.54, 1.807) is 0 Å². The SMILES string of the molecule is C1CCN(C2CN(N3CCC(C4COC4)CC3)C2)CC1. The fourth-order valence-electron chi connectivity index (χ4n) is 4.34. The van der Waals surface area contributed by atoms with E-state index in [0.29, 0.717) is 0 Å². The zero-order chi connectivity index (χ0) is 13.4. The van der Waals surface area contributed by atoms with Crippen LogP contribution in [0.25, 0.3) is 0 Å². The summed E-state index contributed by atoms with van der Waals surface area (Å²) in [5, 5.41) is 5.25. The van der Waals surface area contributed by atoms with Gasteiger partial charge in [0.05, 0.1) is 13.2 Å². The van der Waals surface area contributed by atoms with Gasteiger partial charge in [-0.2, -0.15) is 0 Å². The van der Waals surface area contributed by atoms with E-state index in [4.69, 9.17) is 4.74 Å². The Labute approximate surface area is 123 Å². The van der Waals surface area contributed by atoms with Gasteiger partial charge in [0.15, 0.2) is 0 Å². The van der Waals surface area contributed by atoms with Crippen LogP contribution in [0.2, 0.25) is 0 Å². The first-order valence-corrected chi connectivity index (χ1v) is 8.72. The summed E-state index contributed by atoms with van der Waals surface area (Å²) in [4.78, 5) is 2.73. The minimum atomic E-state index is 0.855. The van der Waals surface area contributed by atoms with Crippen LogP contribution < -0.4 is 0 Å². The second-order valence-electron chi connectivity index (χ2n) is 7.21. The molecule has 0 aromatic rings. The van der Waals surface area contributed by atoms with Crippen molar-refractivity contribution in [1.29, 1.82) is 0 Å². The second kappa shape index (κ2) is 5.91. The van der Waals surface area contributed by atoms with Gasteiger partial charge < -0.3 is 4.74 Å². The van der Waals surface area contributed by atoms with Crippen molar-refractivity contribution in [1.82, 2.24) is 14.9 Å². The molecule has 4 aliphatic rings. The maximum atomic E-state index is 5.35. The van der Waals surface area contributed by atoms with Crippen molar-refractivity contribution in [2.45, 2.75) is 38.1 Å². The average molecular weight is 279 g/mol. The van der Waals surface area contributed by atoms with Gasteiger partial charge in [-0.1, -0.05) is 6.42 Å². The van der Waals surface area contributed by atoms with E-state index in [2.05, 4.69) is 14.9 Å². The molecular formula is C16H29N3O. The molecule has 0 spiro atoms. The van der Waals surface area contributed by atoms with E-state index in [0.717, 1.165) is 31.1 Å². The highest BCUT2D eigenvalue weighted by Crippen LogP contribution is 2.31. The summed E-state index contributed by atoms with van der Waals surface area (Å²) in [5.74, 6) is 1.83. The molecule has 4 nitrogen and oxygen atoms in total. The smallest absolute Gasteiger partial charge is 0.0519 e. The highest BCUT2D eigenvalue weighted by Gasteiger charge is 2.38. The van der Waals surface area contributed by atoms with Crippen LogP contribution in [0.1, 0.15) is 32.1 Å². The third kappa shape index (κ3) is 2.63. The van der Waals surface area contributed by atoms with Gasteiger partial charge in [-0.15, -0.1) is 0 Å². The summed E-state index contributed by atoms with van der Waals surface area (Å²) in [5.41, 5.74) is 0. The van der Waals surface area contributed by atoms with Crippen LogP contribution in [0.15, 0.2) is 0 Å². The van der Waals surface area contributed by atoms with E-state index in [-0.39, 0.29) is 0 Å². The molecule has 0 aliphatic carbocycles. The molecule has 114 valence electrons. The van der Waals surface area contributed by atoms with Gasteiger partial charge in [0, 0.05) is 38.1 Å². The van der Waals surface area contributed by atoms with Gasteiger partial charge in [0.25, 0.3) is 0 Å². The Morgan fingerprint density at radius 1 is 0.700 bits per heavy atom. The third-order valence-electron chi connectivity index (χ3n) is 6.00. The fourth-order valence-corrected chi connectivity index (χ4v) is 4.34. The number of piperidine rings is 2. The van der Waals surface area contributed by atoms with Crippen LogP contribution in [0.5, 0.6) is 0 Å². The molecule has 0 N–H and O–H groups in total. The van der Waals surface area contributed by atoms with Crippen molar-refractivity contribution < 1.29 is 4.74 Å². The van der Waals surface area contributed by atoms with E-state index in [9.17, 15) is 0 Å². The van der Waals surface area contributed by atoms with Crippen molar-refractivity contribution in [2.24, 2.45) is 11.8 Å². The number of rotatable bonds is 3. The van der Waals surface area contributed by atoms with Crippen molar-refractivity contribution in [3.63, 3.8) is 0 Å². The Hall–Kier alpha value is -0.160. The molecule has 0 aromatic carbocycles. The van der Waals surface area contributed by atoms with E-state index >= 15 is 0 Å². The van der Waals surface area contributed by atoms with Crippen molar-refractivity contribution in [3.05, 3.63) is 0 Å². The molecule has 20 heavy (non-hydrogen) atoms. The summed E-state index contributed by atoms with van der Waals surface area (Å²) in [6.07, 6.45) is 7.07. The summed E-state index contributed by atoms with van der Waals surface area (Å²) < 4.78 is 5.35. The molecule has 4 heterocycles. The zero-order valence-electron chi connectivity index (χ0n) is 12.7. The van der Waals surface area contributed by atoms with Crippen LogP contribution in [-0.2, 0) is 4.74 Å². The first-order chi connectivity index (χ1) is 9.90. The number of nitrogens with zero attached hydrogens (tertiary/aromatic N) is 3. The highest BCUT2D eigenvalue weighted by atomic mass is 16.5. The number of hydrogen-bond donors (Lipinski definition) is 0. The first-order valence-electron chi connectivity index (χ1n) is 8.72. The summed E-state index contributed by atoms with van der Waals surface area (Å²) >= 11 is 0. The lowest BCUT2D eigenvalue weighted by Gasteiger charge is -2.52. The predicted octanol–water partition coefficient (Wildman–Crippen LogP) is 1.43. The van der Waals surface area contributed by atoms with Crippen LogP contribution >= 0.6 is 0 Å². The molecule has 0 unspecified atom stereocenters. The van der Waals surface area contributed by atoms with E-state index in [1.807, 2.05) is 0 Å². The monoisotopic (exact) mass is 279 g/mol. The van der Waals surface area contributed by atoms with Gasteiger partial charge in [-0.3, -0.25) is 4.90 Å². The standard InChI is InChI=1S/C16H29N3O/c1-2-6-17(7-3-1)16-10-19(11-16)18-8-4-14(5-9-18)15-12-20-13-15/h14-16H,1-13H2. The lowest BCUT2D eigenvalue weighted by atomic mass is 9.83. The molecular weight excluding hydrogens is 250 g/mol. The molecule has 4 aliphatic heterocycles. The summed E-state index contributed by atoms with van der Waals surface area (Å²) in [6.45, 7) is 9.91. The van der Waals surface area contributed by atoms with Crippen LogP contribution in [0.3, 0.4) is 0 Å². The van der Waals surface area contributed by atoms with Gasteiger partial charge in [-0.05, 0) is 44.7 Å². The maximum Gasteiger partial charge on any atom is 0.0519 e. The molecule has 0 saturated carbocycles. The minimum Gasteiger partial charge on any atom is -0.381 e. The van der Waals surface area contributed by atoms with E-state index in [1.165, 1.54) is 71.4 Å². The Morgan fingerprint density at radius 3 is 2.00 bits per heavy atom. The number of hydrazine groups is 1. The van der Waals surface area contributed by atoms with Gasteiger partial charge in [0.2, 0.25) is 0 Å². The molecule has 4 heteroatoms. The predicted molar refractivity (Wildman–Crippen MR) is 79.4 cm³/mol. The molecule has 0 aromatic heterocycles. The fraction of sp³-hybridized carbons (Fsp3) is 1.00. The molecule has 0 atom stereocenters. The first kappa shape index (κ1) is 13.5. The zero-order valence-corrected chi connectivity index (χ0v) is 12.7. The molecule has 4 fully saturated rings. The van der Waals surface area contributed by atoms with Crippen molar-refractivity contribution in [3.8, 4) is 0 Å². The lowest BCUT2D eigenvalue weighted by molar-refractivity contribution is -0.146. The van der Waals surface area contributed by atoms with Crippen molar-refractivity contribution in [2.75, 3.05) is 52.5 Å². The van der Waals surface area contributed by atoms with Crippen LogP contribution in [0, 0.1) is 11.8 Å². The number of ether oxygens (including phenoxy) is 1. The Bertz CT molecular complexity index is 314. The Balaban J connectivity index is 1.19. The molecule has 0 radical (unpaired) electrons. The molecule has 0 amide bonds. The largest absolute Gasteiger partial charge is 0.381 e. The summed E-state index contributed by atoms with van der Waals surface area (Å²) in [7, 11) is 0. The van der Waals surface area contributed by atoms with Gasteiger partial charge >= 0.3 is 0 Å².